The maximum Gasteiger partial charge on any atom is 0.249 e. The Morgan fingerprint density at radius 2 is 2.36 bits per heavy atom. The summed E-state index contributed by atoms with van der Waals surface area (Å²) in [5.41, 5.74) is 5.58. The first-order chi connectivity index (χ1) is 10.5. The number of hydrogen-bond acceptors (Lipinski definition) is 6. The van der Waals surface area contributed by atoms with Crippen molar-refractivity contribution in [3.8, 4) is 11.5 Å². The van der Waals surface area contributed by atoms with E-state index in [0.29, 0.717) is 17.0 Å². The maximum atomic E-state index is 11.7. The van der Waals surface area contributed by atoms with Crippen molar-refractivity contribution in [2.24, 2.45) is 16.1 Å². The minimum absolute atomic E-state index is 0.0391. The van der Waals surface area contributed by atoms with Crippen LogP contribution in [0.15, 0.2) is 28.4 Å². The topological polar surface area (TPSA) is 112 Å². The lowest BCUT2D eigenvalue weighted by molar-refractivity contribution is -0.127. The number of aromatic hydroxyl groups is 1. The van der Waals surface area contributed by atoms with Gasteiger partial charge in [0.25, 0.3) is 0 Å². The average molecular weight is 304 g/mol. The zero-order valence-electron chi connectivity index (χ0n) is 12.2. The summed E-state index contributed by atoms with van der Waals surface area (Å²) >= 11 is 0. The van der Waals surface area contributed by atoms with Crippen LogP contribution in [-0.4, -0.2) is 36.0 Å². The fraction of sp³-hybridized carbons (Fsp3) is 0.286. The van der Waals surface area contributed by atoms with Crippen LogP contribution in [0.25, 0.3) is 0 Å². The van der Waals surface area contributed by atoms with Crippen LogP contribution >= 0.6 is 0 Å². The van der Waals surface area contributed by atoms with E-state index >= 15 is 0 Å². The number of hydrogen-bond donors (Lipinski definition) is 3. The number of nitrogens with zero attached hydrogens (tertiary/aromatic N) is 2. The Morgan fingerprint density at radius 1 is 1.59 bits per heavy atom. The third kappa shape index (κ3) is 3.40. The second kappa shape index (κ2) is 6.70. The second-order valence-electron chi connectivity index (χ2n) is 4.68. The Hall–Kier alpha value is -2.90. The number of carbonyl (C=O) groups is 2. The van der Waals surface area contributed by atoms with E-state index < -0.39 is 11.8 Å². The summed E-state index contributed by atoms with van der Waals surface area (Å²) in [4.78, 5) is 23.2. The van der Waals surface area contributed by atoms with E-state index in [1.807, 2.05) is 0 Å². The number of nitrogens with one attached hydrogen (secondary N) is 2. The monoisotopic (exact) mass is 304 g/mol. The van der Waals surface area contributed by atoms with Gasteiger partial charge in [-0.05, 0) is 19.1 Å². The molecule has 1 aromatic carbocycles. The van der Waals surface area contributed by atoms with Gasteiger partial charge in [-0.2, -0.15) is 10.2 Å². The van der Waals surface area contributed by atoms with E-state index in [-0.39, 0.29) is 18.1 Å². The summed E-state index contributed by atoms with van der Waals surface area (Å²) in [6.45, 7) is 1.67. The Bertz CT molecular complexity index is 654. The van der Waals surface area contributed by atoms with Crippen LogP contribution in [0.3, 0.4) is 0 Å². The predicted octanol–water partition coefficient (Wildman–Crippen LogP) is 0.363. The number of hydrazone groups is 2. The molecule has 2 amide bonds. The number of ether oxygens (including phenoxy) is 1. The van der Waals surface area contributed by atoms with Gasteiger partial charge in [0, 0.05) is 17.7 Å². The third-order valence-electron chi connectivity index (χ3n) is 3.20. The van der Waals surface area contributed by atoms with E-state index in [9.17, 15) is 14.7 Å². The van der Waals surface area contributed by atoms with Crippen molar-refractivity contribution in [2.75, 3.05) is 7.11 Å². The smallest absolute Gasteiger partial charge is 0.249 e. The number of methoxy groups -OCH3 is 1. The third-order valence-corrected chi connectivity index (χ3v) is 3.20. The Labute approximate surface area is 126 Å². The van der Waals surface area contributed by atoms with Crippen molar-refractivity contribution in [2.45, 2.75) is 13.3 Å². The molecule has 0 aromatic heterocycles. The lowest BCUT2D eigenvalue weighted by Gasteiger charge is -2.06. The first-order valence-corrected chi connectivity index (χ1v) is 6.55. The fourth-order valence-corrected chi connectivity index (χ4v) is 1.94. The van der Waals surface area contributed by atoms with Crippen LogP contribution in [0.2, 0.25) is 0 Å². The second-order valence-corrected chi connectivity index (χ2v) is 4.68. The molecule has 0 saturated carbocycles. The molecular formula is C14H16N4O4. The van der Waals surface area contributed by atoms with Gasteiger partial charge >= 0.3 is 0 Å². The van der Waals surface area contributed by atoms with Crippen LogP contribution in [0.5, 0.6) is 11.5 Å². The number of amides is 2. The Balaban J connectivity index is 1.94. The molecule has 22 heavy (non-hydrogen) atoms. The fourth-order valence-electron chi connectivity index (χ4n) is 1.94. The summed E-state index contributed by atoms with van der Waals surface area (Å²) in [7, 11) is 1.44. The highest BCUT2D eigenvalue weighted by atomic mass is 16.5. The highest BCUT2D eigenvalue weighted by Gasteiger charge is 2.28. The molecule has 1 aliphatic heterocycles. The van der Waals surface area contributed by atoms with Gasteiger partial charge in [0.1, 0.15) is 0 Å². The number of carbonyl (C=O) groups excluding carboxylic acids is 2. The van der Waals surface area contributed by atoms with Crippen molar-refractivity contribution >= 4 is 23.7 Å². The lowest BCUT2D eigenvalue weighted by atomic mass is 10.0. The molecule has 0 radical (unpaired) electrons. The first-order valence-electron chi connectivity index (χ1n) is 6.55. The lowest BCUT2D eigenvalue weighted by Crippen LogP contribution is -2.29. The minimum atomic E-state index is -0.569. The quantitative estimate of drug-likeness (QED) is 0.538. The van der Waals surface area contributed by atoms with Gasteiger partial charge in [0.15, 0.2) is 11.5 Å². The summed E-state index contributed by atoms with van der Waals surface area (Å²) < 4.78 is 4.97. The molecule has 1 aliphatic rings. The molecule has 8 heteroatoms. The van der Waals surface area contributed by atoms with E-state index in [1.54, 1.807) is 25.1 Å². The zero-order chi connectivity index (χ0) is 16.1. The van der Waals surface area contributed by atoms with Crippen LogP contribution in [-0.2, 0) is 9.59 Å². The van der Waals surface area contributed by atoms with Gasteiger partial charge < -0.3 is 9.84 Å². The zero-order valence-corrected chi connectivity index (χ0v) is 12.2. The average Bonchev–Trinajstić information content (AvgIpc) is 2.81. The van der Waals surface area contributed by atoms with Gasteiger partial charge in [-0.1, -0.05) is 6.07 Å². The van der Waals surface area contributed by atoms with Crippen molar-refractivity contribution in [3.05, 3.63) is 23.8 Å². The molecule has 2 rings (SSSR count). The van der Waals surface area contributed by atoms with E-state index in [4.69, 9.17) is 4.74 Å². The molecule has 0 aliphatic carbocycles. The summed E-state index contributed by atoms with van der Waals surface area (Å²) in [6, 6.07) is 4.91. The Kier molecular flexibility index (Phi) is 4.72. The van der Waals surface area contributed by atoms with Crippen molar-refractivity contribution in [1.29, 1.82) is 0 Å². The molecule has 0 saturated heterocycles. The normalized spacial score (nSPS) is 17.3. The molecule has 1 atom stereocenters. The Morgan fingerprint density at radius 3 is 3.00 bits per heavy atom. The van der Waals surface area contributed by atoms with E-state index in [2.05, 4.69) is 21.1 Å². The number of benzene rings is 1. The van der Waals surface area contributed by atoms with Gasteiger partial charge in [-0.25, -0.2) is 10.9 Å². The van der Waals surface area contributed by atoms with E-state index in [1.165, 1.54) is 13.3 Å². The van der Waals surface area contributed by atoms with Crippen LogP contribution in [0.1, 0.15) is 18.9 Å². The summed E-state index contributed by atoms with van der Waals surface area (Å²) in [5, 5.41) is 17.4. The maximum absolute atomic E-state index is 11.7. The van der Waals surface area contributed by atoms with Crippen LogP contribution < -0.4 is 15.6 Å². The van der Waals surface area contributed by atoms with Gasteiger partial charge in [-0.3, -0.25) is 9.59 Å². The number of para-hydroxylation sites is 1. The molecule has 8 nitrogen and oxygen atoms in total. The van der Waals surface area contributed by atoms with Crippen LogP contribution in [0, 0.1) is 5.92 Å². The number of phenols is 1. The largest absolute Gasteiger partial charge is 0.504 e. The minimum Gasteiger partial charge on any atom is -0.504 e. The number of rotatable bonds is 5. The van der Waals surface area contributed by atoms with Gasteiger partial charge in [-0.15, -0.1) is 0 Å². The predicted molar refractivity (Wildman–Crippen MR) is 79.8 cm³/mol. The summed E-state index contributed by atoms with van der Waals surface area (Å²) in [5.74, 6) is -1.05. The molecule has 1 aromatic rings. The van der Waals surface area contributed by atoms with Gasteiger partial charge in [0.2, 0.25) is 11.8 Å². The highest BCUT2D eigenvalue weighted by molar-refractivity contribution is 6.09. The standard InChI is InChI=1S/C14H16N4O4/c1-8-10(14(21)18-16-8)6-12(19)17-15-7-9-4-3-5-11(22-2)13(9)20/h3-5,7,10,20H,6H2,1-2H3,(H,17,19)(H,18,21). The molecule has 0 bridgehead atoms. The number of phenolic OH excluding ortho intramolecular Hbond substituents is 1. The first kappa shape index (κ1) is 15.5. The molecule has 3 N–H and O–H groups in total. The van der Waals surface area contributed by atoms with Crippen molar-refractivity contribution < 1.29 is 19.4 Å². The van der Waals surface area contributed by atoms with Crippen molar-refractivity contribution in [3.63, 3.8) is 0 Å². The SMILES string of the molecule is COc1cccc(C=NNC(=O)CC2C(=O)NN=C2C)c1O. The van der Waals surface area contributed by atoms with Crippen LogP contribution in [0.4, 0.5) is 0 Å². The summed E-state index contributed by atoms with van der Waals surface area (Å²) in [6.07, 6.45) is 1.26. The molecule has 0 fully saturated rings. The molecule has 0 spiro atoms. The molecule has 116 valence electrons. The van der Waals surface area contributed by atoms with Gasteiger partial charge in [0.05, 0.1) is 19.2 Å². The van der Waals surface area contributed by atoms with Crippen molar-refractivity contribution in [1.82, 2.24) is 10.9 Å². The molecule has 1 unspecified atom stereocenters. The molecular weight excluding hydrogens is 288 g/mol. The van der Waals surface area contributed by atoms with E-state index in [0.717, 1.165) is 0 Å². The molecule has 1 heterocycles. The highest BCUT2D eigenvalue weighted by Crippen LogP contribution is 2.27.